The van der Waals surface area contributed by atoms with Crippen LogP contribution in [0.15, 0.2) is 0 Å². The highest BCUT2D eigenvalue weighted by atomic mass is 16.4. The van der Waals surface area contributed by atoms with Crippen molar-refractivity contribution in [2.45, 2.75) is 39.7 Å². The summed E-state index contributed by atoms with van der Waals surface area (Å²) in [4.78, 5) is 23.7. The van der Waals surface area contributed by atoms with Crippen molar-refractivity contribution in [1.82, 2.24) is 10.2 Å². The van der Waals surface area contributed by atoms with Gasteiger partial charge in [0, 0.05) is 25.6 Å². The minimum absolute atomic E-state index is 0.0515. The Balaban J connectivity index is 3.77. The predicted molar refractivity (Wildman–Crippen MR) is 62.3 cm³/mol. The van der Waals surface area contributed by atoms with Crippen molar-refractivity contribution in [1.29, 1.82) is 0 Å². The summed E-state index contributed by atoms with van der Waals surface area (Å²) in [7, 11) is 0. The molecule has 16 heavy (non-hydrogen) atoms. The first-order valence-corrected chi connectivity index (χ1v) is 5.74. The normalized spacial score (nSPS) is 12.2. The summed E-state index contributed by atoms with van der Waals surface area (Å²) in [6, 6.07) is 0.0515. The van der Waals surface area contributed by atoms with Crippen molar-refractivity contribution in [2.75, 3.05) is 19.6 Å². The molecule has 1 amide bonds. The number of carbonyl (C=O) groups excluding carboxylic acids is 1. The van der Waals surface area contributed by atoms with Crippen molar-refractivity contribution in [2.24, 2.45) is 0 Å². The number of carboxylic acid groups (broad SMARTS) is 1. The maximum atomic E-state index is 11.6. The average molecular weight is 230 g/mol. The van der Waals surface area contributed by atoms with E-state index in [1.165, 1.54) is 0 Å². The van der Waals surface area contributed by atoms with Gasteiger partial charge in [-0.2, -0.15) is 0 Å². The second-order valence-electron chi connectivity index (χ2n) is 3.78. The molecule has 0 aliphatic rings. The molecule has 0 radical (unpaired) electrons. The van der Waals surface area contributed by atoms with Gasteiger partial charge in [-0.25, -0.2) is 0 Å². The summed E-state index contributed by atoms with van der Waals surface area (Å²) < 4.78 is 0. The van der Waals surface area contributed by atoms with E-state index in [0.29, 0.717) is 19.5 Å². The molecule has 0 fully saturated rings. The summed E-state index contributed by atoms with van der Waals surface area (Å²) in [6.45, 7) is 7.46. The second kappa shape index (κ2) is 8.10. The molecule has 0 spiro atoms. The van der Waals surface area contributed by atoms with Crippen molar-refractivity contribution in [3.63, 3.8) is 0 Å². The summed E-state index contributed by atoms with van der Waals surface area (Å²) in [5, 5.41) is 11.5. The summed E-state index contributed by atoms with van der Waals surface area (Å²) in [5.41, 5.74) is 0. The van der Waals surface area contributed by atoms with Gasteiger partial charge in [0.15, 0.2) is 0 Å². The van der Waals surface area contributed by atoms with E-state index < -0.39 is 5.97 Å². The maximum Gasteiger partial charge on any atom is 0.303 e. The van der Waals surface area contributed by atoms with E-state index >= 15 is 0 Å². The Morgan fingerprint density at radius 1 is 1.31 bits per heavy atom. The number of nitrogens with one attached hydrogen (secondary N) is 1. The Labute approximate surface area is 96.8 Å². The molecule has 0 saturated heterocycles. The standard InChI is InChI=1S/C11H22N2O3/c1-4-13(5-2)10(14)8-12-9(3)6-7-11(15)16/h9,12H,4-8H2,1-3H3,(H,15,16). The molecule has 0 aliphatic carbocycles. The number of carboxylic acids is 1. The Morgan fingerprint density at radius 3 is 2.31 bits per heavy atom. The summed E-state index contributed by atoms with van der Waals surface area (Å²) in [5.74, 6) is -0.740. The van der Waals surface area contributed by atoms with Crippen LogP contribution >= 0.6 is 0 Å². The first-order valence-electron chi connectivity index (χ1n) is 5.74. The number of amides is 1. The van der Waals surface area contributed by atoms with Crippen LogP contribution in [0.3, 0.4) is 0 Å². The van der Waals surface area contributed by atoms with Gasteiger partial charge in [-0.1, -0.05) is 0 Å². The maximum absolute atomic E-state index is 11.6. The first kappa shape index (κ1) is 14.9. The molecule has 0 saturated carbocycles. The molecule has 2 N–H and O–H groups in total. The van der Waals surface area contributed by atoms with Crippen LogP contribution < -0.4 is 5.32 Å². The summed E-state index contributed by atoms with van der Waals surface area (Å²) in [6.07, 6.45) is 0.675. The number of hydrogen-bond donors (Lipinski definition) is 2. The molecule has 0 rings (SSSR count). The van der Waals surface area contributed by atoms with E-state index in [9.17, 15) is 9.59 Å². The van der Waals surface area contributed by atoms with Crippen LogP contribution in [-0.4, -0.2) is 47.6 Å². The van der Waals surface area contributed by atoms with E-state index in [0.717, 1.165) is 0 Å². The lowest BCUT2D eigenvalue weighted by atomic mass is 10.2. The van der Waals surface area contributed by atoms with E-state index in [-0.39, 0.29) is 24.9 Å². The third-order valence-electron chi connectivity index (χ3n) is 2.51. The average Bonchev–Trinajstić information content (AvgIpc) is 2.25. The van der Waals surface area contributed by atoms with Crippen molar-refractivity contribution in [3.8, 4) is 0 Å². The topological polar surface area (TPSA) is 69.6 Å². The second-order valence-corrected chi connectivity index (χ2v) is 3.78. The number of likely N-dealkylation sites (N-methyl/N-ethyl adjacent to an activating group) is 1. The van der Waals surface area contributed by atoms with Crippen LogP contribution in [0.25, 0.3) is 0 Å². The first-order chi connectivity index (χ1) is 7.51. The SMILES string of the molecule is CCN(CC)C(=O)CNC(C)CCC(=O)O. The van der Waals surface area contributed by atoms with Crippen LogP contribution in [-0.2, 0) is 9.59 Å². The Morgan fingerprint density at radius 2 is 1.88 bits per heavy atom. The van der Waals surface area contributed by atoms with E-state index in [1.807, 2.05) is 20.8 Å². The molecule has 0 aromatic heterocycles. The molecule has 1 atom stereocenters. The molecule has 0 bridgehead atoms. The smallest absolute Gasteiger partial charge is 0.303 e. The molecule has 0 aromatic rings. The number of nitrogens with zero attached hydrogens (tertiary/aromatic N) is 1. The van der Waals surface area contributed by atoms with Crippen molar-refractivity contribution >= 4 is 11.9 Å². The Kier molecular flexibility index (Phi) is 7.54. The molecule has 1 unspecified atom stereocenters. The van der Waals surface area contributed by atoms with Gasteiger partial charge in [0.2, 0.25) is 5.91 Å². The highest BCUT2D eigenvalue weighted by Crippen LogP contribution is 1.96. The highest BCUT2D eigenvalue weighted by Gasteiger charge is 2.11. The third-order valence-corrected chi connectivity index (χ3v) is 2.51. The summed E-state index contributed by atoms with van der Waals surface area (Å²) >= 11 is 0. The molecule has 5 heteroatoms. The lowest BCUT2D eigenvalue weighted by molar-refractivity contribution is -0.137. The van der Waals surface area contributed by atoms with Gasteiger partial charge in [-0.05, 0) is 27.2 Å². The highest BCUT2D eigenvalue weighted by molar-refractivity contribution is 5.78. The zero-order chi connectivity index (χ0) is 12.6. The molecular weight excluding hydrogens is 208 g/mol. The predicted octanol–water partition coefficient (Wildman–Crippen LogP) is 0.698. The number of rotatable bonds is 8. The van der Waals surface area contributed by atoms with E-state index in [2.05, 4.69) is 5.32 Å². The molecule has 94 valence electrons. The molecule has 0 aliphatic heterocycles. The fourth-order valence-electron chi connectivity index (χ4n) is 1.39. The Hall–Kier alpha value is -1.10. The van der Waals surface area contributed by atoms with Gasteiger partial charge in [-0.15, -0.1) is 0 Å². The minimum Gasteiger partial charge on any atom is -0.481 e. The fraction of sp³-hybridized carbons (Fsp3) is 0.818. The van der Waals surface area contributed by atoms with Crippen LogP contribution in [0, 0.1) is 0 Å². The van der Waals surface area contributed by atoms with Gasteiger partial charge in [0.05, 0.1) is 6.54 Å². The zero-order valence-electron chi connectivity index (χ0n) is 10.3. The molecule has 5 nitrogen and oxygen atoms in total. The van der Waals surface area contributed by atoms with Crippen LogP contribution in [0.4, 0.5) is 0 Å². The fourth-order valence-corrected chi connectivity index (χ4v) is 1.39. The lowest BCUT2D eigenvalue weighted by Crippen LogP contribution is -2.40. The van der Waals surface area contributed by atoms with E-state index in [4.69, 9.17) is 5.11 Å². The van der Waals surface area contributed by atoms with Gasteiger partial charge >= 0.3 is 5.97 Å². The van der Waals surface area contributed by atoms with Crippen LogP contribution in [0.5, 0.6) is 0 Å². The zero-order valence-corrected chi connectivity index (χ0v) is 10.3. The van der Waals surface area contributed by atoms with Gasteiger partial charge in [-0.3, -0.25) is 9.59 Å². The van der Waals surface area contributed by atoms with Gasteiger partial charge < -0.3 is 15.3 Å². The van der Waals surface area contributed by atoms with Crippen LogP contribution in [0.1, 0.15) is 33.6 Å². The van der Waals surface area contributed by atoms with E-state index in [1.54, 1.807) is 4.90 Å². The molecule has 0 aromatic carbocycles. The minimum atomic E-state index is -0.802. The monoisotopic (exact) mass is 230 g/mol. The molecular formula is C11H22N2O3. The van der Waals surface area contributed by atoms with Gasteiger partial charge in [0.25, 0.3) is 0 Å². The molecule has 0 heterocycles. The largest absolute Gasteiger partial charge is 0.481 e. The number of hydrogen-bond acceptors (Lipinski definition) is 3. The van der Waals surface area contributed by atoms with Crippen molar-refractivity contribution in [3.05, 3.63) is 0 Å². The van der Waals surface area contributed by atoms with Crippen LogP contribution in [0.2, 0.25) is 0 Å². The van der Waals surface area contributed by atoms with Crippen molar-refractivity contribution < 1.29 is 14.7 Å². The Bertz CT molecular complexity index is 227. The quantitative estimate of drug-likeness (QED) is 0.644. The third kappa shape index (κ3) is 6.40. The number of aliphatic carboxylic acids is 1. The van der Waals surface area contributed by atoms with Gasteiger partial charge in [0.1, 0.15) is 0 Å². The number of carbonyl (C=O) groups is 2. The lowest BCUT2D eigenvalue weighted by Gasteiger charge is -2.20.